The molecule has 1 amide bonds. The quantitative estimate of drug-likeness (QED) is 0.712. The molecule has 0 saturated heterocycles. The molecule has 0 spiro atoms. The molecule has 0 heterocycles. The smallest absolute Gasteiger partial charge is 0.431 e. The fourth-order valence-electron chi connectivity index (χ4n) is 0.871. The van der Waals surface area contributed by atoms with E-state index in [4.69, 9.17) is 9.66 Å². The van der Waals surface area contributed by atoms with Crippen molar-refractivity contribution in [2.75, 3.05) is 0 Å². The highest BCUT2D eigenvalue weighted by molar-refractivity contribution is 7.86. The predicted octanol–water partition coefficient (Wildman–Crippen LogP) is 0.847. The van der Waals surface area contributed by atoms with Gasteiger partial charge in [-0.25, -0.2) is 4.79 Å². The Morgan fingerprint density at radius 3 is 2.36 bits per heavy atom. The molecule has 6 nitrogen and oxygen atoms in total. The third-order valence-electron chi connectivity index (χ3n) is 1.36. The minimum atomic E-state index is -4.44. The third-order valence-corrected chi connectivity index (χ3v) is 2.26. The molecule has 1 aromatic rings. The number of carbonyl (C=O) groups is 1. The minimum Gasteiger partial charge on any atom is -0.463 e. The Balaban J connectivity index is 3.23. The third kappa shape index (κ3) is 2.44. The maximum absolute atomic E-state index is 10.7. The summed E-state index contributed by atoms with van der Waals surface area (Å²) in [6, 6.07) is 5.01. The van der Waals surface area contributed by atoms with E-state index >= 15 is 0 Å². The molecule has 0 aromatic heterocycles. The summed E-state index contributed by atoms with van der Waals surface area (Å²) in [4.78, 5) is 9.68. The first-order valence-corrected chi connectivity index (χ1v) is 4.86. The normalized spacial score (nSPS) is 10.9. The first-order chi connectivity index (χ1) is 6.41. The molecule has 2 N–H and O–H groups in total. The molecule has 0 aliphatic rings. The lowest BCUT2D eigenvalue weighted by molar-refractivity contribution is 0.198. The van der Waals surface area contributed by atoms with Crippen LogP contribution >= 0.6 is 0 Å². The number of amides is 1. The van der Waals surface area contributed by atoms with Crippen molar-refractivity contribution in [1.82, 2.24) is 5.32 Å². The van der Waals surface area contributed by atoms with Gasteiger partial charge in [0.15, 0.2) is 0 Å². The highest BCUT2D eigenvalue weighted by atomic mass is 32.2. The first kappa shape index (κ1) is 10.5. The maximum atomic E-state index is 10.7. The van der Waals surface area contributed by atoms with Crippen LogP contribution in [0.5, 0.6) is 0 Å². The monoisotopic (exact) mass is 216 g/mol. The summed E-state index contributed by atoms with van der Waals surface area (Å²) in [6.45, 7) is 0. The maximum Gasteiger partial charge on any atom is 0.431 e. The lowest BCUT2D eigenvalue weighted by Crippen LogP contribution is -2.10. The van der Waals surface area contributed by atoms with Crippen LogP contribution in [0.4, 0.5) is 10.5 Å². The zero-order valence-electron chi connectivity index (χ0n) is 6.78. The fraction of sp³-hybridized carbons (Fsp3) is 0. The molecule has 0 aliphatic carbocycles. The van der Waals surface area contributed by atoms with E-state index in [0.29, 0.717) is 0 Å². The lowest BCUT2D eigenvalue weighted by atomic mass is 10.3. The number of para-hydroxylation sites is 1. The van der Waals surface area contributed by atoms with Crippen LogP contribution in [0, 0.1) is 0 Å². The van der Waals surface area contributed by atoms with E-state index in [1.54, 1.807) is 0 Å². The highest BCUT2D eigenvalue weighted by Crippen LogP contribution is 2.20. The highest BCUT2D eigenvalue weighted by Gasteiger charge is 2.16. The predicted molar refractivity (Wildman–Crippen MR) is 46.1 cm³/mol. The Morgan fingerprint density at radius 1 is 1.29 bits per heavy atom. The molecule has 0 aliphatic heterocycles. The van der Waals surface area contributed by atoms with Crippen LogP contribution in [0.3, 0.4) is 0 Å². The van der Waals surface area contributed by atoms with Crippen molar-refractivity contribution in [3.05, 3.63) is 24.3 Å². The standard InChI is InChI=1S/C7H6NO5S/c9-7(10)8-5-3-1-2-4-6(5)14(11,12)13/h1-4H,(H,9,10)(H,11,12,13). The largest absolute Gasteiger partial charge is 0.463 e. The van der Waals surface area contributed by atoms with Crippen LogP contribution in [-0.4, -0.2) is 24.2 Å². The molecular weight excluding hydrogens is 210 g/mol. The number of carboxylic acid groups (broad SMARTS) is 1. The van der Waals surface area contributed by atoms with E-state index in [9.17, 15) is 13.2 Å². The zero-order valence-corrected chi connectivity index (χ0v) is 7.60. The second-order valence-electron chi connectivity index (χ2n) is 2.34. The Hall–Kier alpha value is -1.60. The second kappa shape index (κ2) is 3.64. The van der Waals surface area contributed by atoms with Crippen molar-refractivity contribution in [3.63, 3.8) is 0 Å². The van der Waals surface area contributed by atoms with Gasteiger partial charge in [0.2, 0.25) is 0 Å². The second-order valence-corrected chi connectivity index (χ2v) is 3.73. The Labute approximate surface area is 79.9 Å². The molecular formula is C7H6NO5S. The van der Waals surface area contributed by atoms with Crippen molar-refractivity contribution in [2.45, 2.75) is 4.90 Å². The minimum absolute atomic E-state index is 0.303. The molecule has 0 saturated carbocycles. The average molecular weight is 216 g/mol. The molecule has 1 aromatic carbocycles. The molecule has 7 heteroatoms. The van der Waals surface area contributed by atoms with Gasteiger partial charge in [-0.1, -0.05) is 12.1 Å². The number of nitrogens with zero attached hydrogens (tertiary/aromatic N) is 1. The van der Waals surface area contributed by atoms with Crippen LogP contribution in [0.25, 0.3) is 0 Å². The molecule has 75 valence electrons. The molecule has 0 bridgehead atoms. The summed E-state index contributed by atoms with van der Waals surface area (Å²) in [7, 11) is -4.44. The van der Waals surface area contributed by atoms with Gasteiger partial charge in [0.05, 0.1) is 5.69 Å². The van der Waals surface area contributed by atoms with Crippen molar-refractivity contribution in [2.24, 2.45) is 0 Å². The molecule has 1 rings (SSSR count). The lowest BCUT2D eigenvalue weighted by Gasteiger charge is -2.02. The molecule has 1 radical (unpaired) electrons. The fourth-order valence-corrected chi connectivity index (χ4v) is 1.50. The molecule has 14 heavy (non-hydrogen) atoms. The molecule has 0 atom stereocenters. The summed E-state index contributed by atoms with van der Waals surface area (Å²) < 4.78 is 30.2. The summed E-state index contributed by atoms with van der Waals surface area (Å²) in [5.74, 6) is 0. The molecule has 0 unspecified atom stereocenters. The number of benzene rings is 1. The van der Waals surface area contributed by atoms with Crippen molar-refractivity contribution >= 4 is 21.9 Å². The first-order valence-electron chi connectivity index (χ1n) is 3.42. The van der Waals surface area contributed by atoms with Gasteiger partial charge in [-0.3, -0.25) is 4.55 Å². The summed E-state index contributed by atoms with van der Waals surface area (Å²) >= 11 is 0. The topological polar surface area (TPSA) is 106 Å². The van der Waals surface area contributed by atoms with E-state index < -0.39 is 21.1 Å². The SMILES string of the molecule is O=C(O)[N]c1ccccc1S(=O)(=O)O. The van der Waals surface area contributed by atoms with Crippen molar-refractivity contribution in [1.29, 1.82) is 0 Å². The van der Waals surface area contributed by atoms with Crippen LogP contribution in [0.15, 0.2) is 29.2 Å². The number of hydrogen-bond donors (Lipinski definition) is 2. The van der Waals surface area contributed by atoms with E-state index in [0.717, 1.165) is 6.07 Å². The van der Waals surface area contributed by atoms with Crippen molar-refractivity contribution in [3.8, 4) is 0 Å². The number of hydrogen-bond acceptors (Lipinski definition) is 3. The average Bonchev–Trinajstić information content (AvgIpc) is 2.01. The van der Waals surface area contributed by atoms with Gasteiger partial charge >= 0.3 is 6.09 Å². The van der Waals surface area contributed by atoms with Gasteiger partial charge in [-0.15, -0.1) is 0 Å². The van der Waals surface area contributed by atoms with E-state index in [-0.39, 0.29) is 5.69 Å². The summed E-state index contributed by atoms with van der Waals surface area (Å²) in [5.41, 5.74) is -0.303. The van der Waals surface area contributed by atoms with Crippen LogP contribution in [0.2, 0.25) is 0 Å². The van der Waals surface area contributed by atoms with E-state index in [2.05, 4.69) is 5.32 Å². The van der Waals surface area contributed by atoms with Crippen LogP contribution in [-0.2, 0) is 10.1 Å². The van der Waals surface area contributed by atoms with E-state index in [1.165, 1.54) is 18.2 Å². The Morgan fingerprint density at radius 2 is 1.86 bits per heavy atom. The Kier molecular flexibility index (Phi) is 2.73. The summed E-state index contributed by atoms with van der Waals surface area (Å²) in [6.07, 6.45) is -1.53. The zero-order chi connectivity index (χ0) is 10.8. The van der Waals surface area contributed by atoms with Crippen LogP contribution in [0.1, 0.15) is 0 Å². The number of rotatable bonds is 2. The van der Waals surface area contributed by atoms with Crippen LogP contribution < -0.4 is 5.32 Å². The van der Waals surface area contributed by atoms with Gasteiger partial charge in [0.25, 0.3) is 10.1 Å². The van der Waals surface area contributed by atoms with Gasteiger partial charge in [0.1, 0.15) is 4.90 Å². The molecule has 0 fully saturated rings. The van der Waals surface area contributed by atoms with Gasteiger partial charge in [-0.2, -0.15) is 13.7 Å². The van der Waals surface area contributed by atoms with Gasteiger partial charge in [0, 0.05) is 0 Å². The van der Waals surface area contributed by atoms with E-state index in [1.807, 2.05) is 0 Å². The van der Waals surface area contributed by atoms with Gasteiger partial charge in [-0.05, 0) is 12.1 Å². The van der Waals surface area contributed by atoms with Gasteiger partial charge < -0.3 is 5.11 Å². The summed E-state index contributed by atoms with van der Waals surface area (Å²) in [5, 5.41) is 11.3. The van der Waals surface area contributed by atoms with Crippen molar-refractivity contribution < 1.29 is 22.9 Å². The Bertz CT molecular complexity index is 453.